The molecule has 10 nitrogen and oxygen atoms in total. The zero-order chi connectivity index (χ0) is 28.7. The van der Waals surface area contributed by atoms with Crippen molar-refractivity contribution in [2.24, 2.45) is 0 Å². The highest BCUT2D eigenvalue weighted by molar-refractivity contribution is 6.00. The van der Waals surface area contributed by atoms with Crippen molar-refractivity contribution in [3.63, 3.8) is 0 Å². The molecule has 2 aliphatic rings. The van der Waals surface area contributed by atoms with Crippen LogP contribution in [-0.2, 0) is 13.0 Å². The van der Waals surface area contributed by atoms with Crippen LogP contribution in [0.1, 0.15) is 30.4 Å². The Kier molecular flexibility index (Phi) is 7.25. The number of para-hydroxylation sites is 1. The third kappa shape index (κ3) is 5.19. The second-order valence-corrected chi connectivity index (χ2v) is 11.5. The maximum Gasteiger partial charge on any atom is 0.294 e. The van der Waals surface area contributed by atoms with Crippen molar-refractivity contribution in [2.45, 2.75) is 39.2 Å². The average Bonchev–Trinajstić information content (AvgIpc) is 3.62. The van der Waals surface area contributed by atoms with E-state index in [2.05, 4.69) is 44.1 Å². The number of hydrogen-bond acceptors (Lipinski definition) is 8. The molecule has 1 saturated heterocycles. The third-order valence-electron chi connectivity index (χ3n) is 8.36. The molecule has 0 radical (unpaired) electrons. The van der Waals surface area contributed by atoms with Crippen LogP contribution in [0, 0.1) is 17.0 Å². The van der Waals surface area contributed by atoms with E-state index in [9.17, 15) is 10.1 Å². The highest BCUT2D eigenvalue weighted by Gasteiger charge is 2.25. The summed E-state index contributed by atoms with van der Waals surface area (Å²) in [5.41, 5.74) is 7.91. The summed E-state index contributed by atoms with van der Waals surface area (Å²) in [5.74, 6) is 0.431. The molecule has 10 heteroatoms. The number of nitrogens with zero attached hydrogens (tertiary/aromatic N) is 7. The lowest BCUT2D eigenvalue weighted by molar-refractivity contribution is -0.384. The van der Waals surface area contributed by atoms with Crippen molar-refractivity contribution in [3.05, 3.63) is 64.0 Å². The number of aromatic nitrogens is 3. The minimum atomic E-state index is -0.317. The van der Waals surface area contributed by atoms with Crippen molar-refractivity contribution in [1.82, 2.24) is 19.4 Å². The van der Waals surface area contributed by atoms with Crippen molar-refractivity contribution in [1.29, 1.82) is 0 Å². The van der Waals surface area contributed by atoms with Gasteiger partial charge in [0.1, 0.15) is 11.4 Å². The molecule has 2 aromatic carbocycles. The lowest BCUT2D eigenvalue weighted by Gasteiger charge is -2.23. The van der Waals surface area contributed by atoms with Gasteiger partial charge in [-0.3, -0.25) is 10.1 Å². The van der Waals surface area contributed by atoms with Gasteiger partial charge in [0, 0.05) is 63.0 Å². The SMILES string of the molecule is Cc1cc(N(C)CCN(C)C)c([N+](=O)[O-])cc1Nc1ncc(N2CCCC2)c(-c2cn3c4c(cccc24)CCC3)n1. The monoisotopic (exact) mass is 554 g/mol. The predicted octanol–water partition coefficient (Wildman–Crippen LogP) is 5.60. The topological polar surface area (TPSA) is 95.6 Å². The summed E-state index contributed by atoms with van der Waals surface area (Å²) in [6.07, 6.45) is 8.69. The molecule has 0 saturated carbocycles. The highest BCUT2D eigenvalue weighted by atomic mass is 16.6. The zero-order valence-electron chi connectivity index (χ0n) is 24.4. The molecule has 0 bridgehead atoms. The average molecular weight is 555 g/mol. The van der Waals surface area contributed by atoms with E-state index < -0.39 is 0 Å². The van der Waals surface area contributed by atoms with Crippen molar-refractivity contribution >= 4 is 39.6 Å². The Morgan fingerprint density at radius 2 is 1.88 bits per heavy atom. The fraction of sp³-hybridized carbons (Fsp3) is 0.419. The predicted molar refractivity (Wildman–Crippen MR) is 166 cm³/mol. The number of likely N-dealkylation sites (N-methyl/N-ethyl adjacent to an activating group) is 2. The summed E-state index contributed by atoms with van der Waals surface area (Å²) in [7, 11) is 5.88. The van der Waals surface area contributed by atoms with Gasteiger partial charge in [0.25, 0.3) is 5.69 Å². The van der Waals surface area contributed by atoms with Gasteiger partial charge >= 0.3 is 0 Å². The van der Waals surface area contributed by atoms with E-state index in [-0.39, 0.29) is 10.6 Å². The van der Waals surface area contributed by atoms with Crippen LogP contribution in [0.25, 0.3) is 22.2 Å². The fourth-order valence-electron chi connectivity index (χ4n) is 6.13. The number of hydrogen-bond donors (Lipinski definition) is 1. The molecule has 4 heterocycles. The third-order valence-corrected chi connectivity index (χ3v) is 8.36. The van der Waals surface area contributed by atoms with Crippen LogP contribution in [0.3, 0.4) is 0 Å². The molecule has 0 spiro atoms. The van der Waals surface area contributed by atoms with Crippen molar-refractivity contribution in [3.8, 4) is 11.3 Å². The van der Waals surface area contributed by atoms with Gasteiger partial charge in [-0.1, -0.05) is 18.2 Å². The zero-order valence-corrected chi connectivity index (χ0v) is 24.4. The molecule has 214 valence electrons. The number of anilines is 4. The molecule has 0 amide bonds. The maximum atomic E-state index is 12.1. The Labute approximate surface area is 240 Å². The Morgan fingerprint density at radius 1 is 1.07 bits per heavy atom. The number of nitro groups is 1. The maximum absolute atomic E-state index is 12.1. The van der Waals surface area contributed by atoms with E-state index >= 15 is 0 Å². The van der Waals surface area contributed by atoms with Crippen LogP contribution in [0.4, 0.5) is 28.7 Å². The van der Waals surface area contributed by atoms with Crippen LogP contribution in [0.2, 0.25) is 0 Å². The first-order valence-corrected chi connectivity index (χ1v) is 14.4. The van der Waals surface area contributed by atoms with E-state index in [0.717, 1.165) is 74.4 Å². The Bertz CT molecular complexity index is 1610. The van der Waals surface area contributed by atoms with Crippen LogP contribution in [0.15, 0.2) is 42.7 Å². The Hall–Kier alpha value is -4.18. The van der Waals surface area contributed by atoms with Crippen LogP contribution < -0.4 is 15.1 Å². The van der Waals surface area contributed by atoms with Gasteiger partial charge in [0.15, 0.2) is 0 Å². The molecule has 0 atom stereocenters. The van der Waals surface area contributed by atoms with Gasteiger partial charge in [0.05, 0.1) is 28.0 Å². The fourth-order valence-corrected chi connectivity index (χ4v) is 6.13. The summed E-state index contributed by atoms with van der Waals surface area (Å²) in [5, 5.41) is 16.6. The van der Waals surface area contributed by atoms with E-state index in [1.54, 1.807) is 6.07 Å². The van der Waals surface area contributed by atoms with Gasteiger partial charge < -0.3 is 24.6 Å². The molecule has 2 aromatic heterocycles. The number of nitro benzene ring substituents is 1. The Morgan fingerprint density at radius 3 is 2.63 bits per heavy atom. The number of nitrogens with one attached hydrogen (secondary N) is 1. The molecule has 6 rings (SSSR count). The summed E-state index contributed by atoms with van der Waals surface area (Å²) < 4.78 is 2.37. The largest absolute Gasteiger partial charge is 0.369 e. The normalized spacial score (nSPS) is 14.7. The van der Waals surface area contributed by atoms with Gasteiger partial charge in [-0.05, 0) is 63.9 Å². The second kappa shape index (κ2) is 11.0. The molecular formula is C31H38N8O2. The second-order valence-electron chi connectivity index (χ2n) is 11.5. The minimum absolute atomic E-state index is 0.0576. The lowest BCUT2D eigenvalue weighted by Crippen LogP contribution is -2.29. The van der Waals surface area contributed by atoms with Gasteiger partial charge in [0.2, 0.25) is 5.95 Å². The standard InChI is InChI=1S/C31H38N8O2/c1-21-17-26(36(4)16-15-35(2)3)27(39(40)41)18-25(21)33-31-32-19-28(37-12-5-6-13-37)29(34-31)24-20-38-14-8-10-22-9-7-11-23(24)30(22)38/h7,9,11,17-20H,5-6,8,10,12-16H2,1-4H3,(H,32,33,34). The molecular weight excluding hydrogens is 516 g/mol. The molecule has 41 heavy (non-hydrogen) atoms. The minimum Gasteiger partial charge on any atom is -0.369 e. The van der Waals surface area contributed by atoms with Crippen LogP contribution in [-0.4, -0.2) is 71.7 Å². The van der Waals surface area contributed by atoms with Gasteiger partial charge in [-0.2, -0.15) is 0 Å². The van der Waals surface area contributed by atoms with Gasteiger partial charge in [-0.25, -0.2) is 9.97 Å². The van der Waals surface area contributed by atoms with Crippen LogP contribution >= 0.6 is 0 Å². The molecule has 1 fully saturated rings. The van der Waals surface area contributed by atoms with E-state index in [4.69, 9.17) is 9.97 Å². The molecule has 0 aliphatic carbocycles. The summed E-state index contributed by atoms with van der Waals surface area (Å²) in [6.45, 7) is 6.41. The smallest absolute Gasteiger partial charge is 0.294 e. The molecule has 0 unspecified atom stereocenters. The first-order valence-electron chi connectivity index (χ1n) is 14.4. The summed E-state index contributed by atoms with van der Waals surface area (Å²) in [6, 6.07) is 10.0. The van der Waals surface area contributed by atoms with Crippen molar-refractivity contribution < 1.29 is 4.92 Å². The van der Waals surface area contributed by atoms with Gasteiger partial charge in [-0.15, -0.1) is 0 Å². The van der Waals surface area contributed by atoms with E-state index in [0.29, 0.717) is 23.9 Å². The summed E-state index contributed by atoms with van der Waals surface area (Å²) in [4.78, 5) is 28.0. The van der Waals surface area contributed by atoms with Crippen LogP contribution in [0.5, 0.6) is 0 Å². The molecule has 2 aliphatic heterocycles. The summed E-state index contributed by atoms with van der Waals surface area (Å²) >= 11 is 0. The Balaban J connectivity index is 1.40. The number of rotatable bonds is 9. The first kappa shape index (κ1) is 27.0. The number of aryl methyl sites for hydroxylation is 3. The molecule has 1 N–H and O–H groups in total. The highest BCUT2D eigenvalue weighted by Crippen LogP contribution is 2.40. The number of benzene rings is 2. The first-order chi connectivity index (χ1) is 19.8. The van der Waals surface area contributed by atoms with Crippen molar-refractivity contribution in [2.75, 3.05) is 62.4 Å². The quantitative estimate of drug-likeness (QED) is 0.211. The van der Waals surface area contributed by atoms with E-state index in [1.807, 2.05) is 45.2 Å². The van der Waals surface area contributed by atoms with E-state index in [1.165, 1.54) is 16.5 Å². The lowest BCUT2D eigenvalue weighted by atomic mass is 10.0. The molecule has 4 aromatic rings.